The number of hydrogen-bond acceptors (Lipinski definition) is 0. The first kappa shape index (κ1) is 13.1. The molecule has 6 heteroatoms. The Bertz CT molecular complexity index is 21.0. The quantitative estimate of drug-likeness (QED) is 0.265. The van der Waals surface area contributed by atoms with E-state index in [4.69, 9.17) is 0 Å². The van der Waals surface area contributed by atoms with Crippen molar-refractivity contribution < 1.29 is 0 Å². The van der Waals surface area contributed by atoms with Gasteiger partial charge in [-0.2, -0.15) is 0 Å². The van der Waals surface area contributed by atoms with E-state index in [1.807, 2.05) is 0 Å². The fraction of sp³-hybridized carbons (Fsp3) is 0. The van der Waals surface area contributed by atoms with Crippen LogP contribution < -0.4 is 0 Å². The molecule has 0 amide bonds. The first-order chi connectivity index (χ1) is 2.00. The molecule has 0 saturated carbocycles. The number of halogens is 4. The fourth-order valence-corrected chi connectivity index (χ4v) is 0. The largest absolute Gasteiger partial charge is 0 e. The topological polar surface area (TPSA) is 0 Å². The van der Waals surface area contributed by atoms with Gasteiger partial charge in [0.2, 0.25) is 0 Å². The standard InChI is InChI=1S/4HI.2Sn/h4*1H;;/q;;;;;+4/p-4. The molecule has 0 fully saturated rings. The first-order valence-corrected chi connectivity index (χ1v) is 34.0. The van der Waals surface area contributed by atoms with E-state index in [1.165, 1.54) is 0 Å². The molecule has 36 valence electrons. The number of hydrogen-bond donors (Lipinski definition) is 0. The minimum Gasteiger partial charge on any atom is 0 e. The van der Waals surface area contributed by atoms with Gasteiger partial charge in [-0.25, -0.2) is 0 Å². The van der Waals surface area contributed by atoms with Gasteiger partial charge in [0.05, 0.1) is 0 Å². The van der Waals surface area contributed by atoms with Crippen LogP contribution in [0.1, 0.15) is 0 Å². The van der Waals surface area contributed by atoms with Crippen molar-refractivity contribution in [2.75, 3.05) is 0 Å². The third kappa shape index (κ3) is 23.6. The summed E-state index contributed by atoms with van der Waals surface area (Å²) < 4.78 is -1.30. The second-order valence-electron chi connectivity index (χ2n) is 0.429. The van der Waals surface area contributed by atoms with E-state index in [2.05, 4.69) is 74.5 Å². The molecule has 4 radical (unpaired) electrons. The normalized spacial score (nSPS) is 10.0. The summed E-state index contributed by atoms with van der Waals surface area (Å²) in [6.07, 6.45) is 0. The van der Waals surface area contributed by atoms with Crippen LogP contribution in [0.5, 0.6) is 0 Å². The molecule has 0 nitrogen and oxygen atoms in total. The summed E-state index contributed by atoms with van der Waals surface area (Å²) in [4.78, 5) is 0. The van der Waals surface area contributed by atoms with Crippen LogP contribution in [-0.2, 0) is 0 Å². The van der Waals surface area contributed by atoms with Gasteiger partial charge in [-0.3, -0.25) is 0 Å². The van der Waals surface area contributed by atoms with Gasteiger partial charge in [0.1, 0.15) is 0 Å². The summed E-state index contributed by atoms with van der Waals surface area (Å²) in [5.74, 6) is 0. The van der Waals surface area contributed by atoms with E-state index in [0.29, 0.717) is 0 Å². The van der Waals surface area contributed by atoms with E-state index in [0.717, 1.165) is 0 Å². The third-order valence-electron chi connectivity index (χ3n) is 0. The average Bonchev–Trinajstić information content (AvgIpc) is 0.722. The molecule has 0 aromatic carbocycles. The van der Waals surface area contributed by atoms with Crippen LogP contribution in [0.4, 0.5) is 0 Å². The van der Waals surface area contributed by atoms with Crippen molar-refractivity contribution in [3.05, 3.63) is 0 Å². The molecular formula is I4Sn2. The van der Waals surface area contributed by atoms with Gasteiger partial charge < -0.3 is 0 Å². The Morgan fingerprint density at radius 2 is 0.833 bits per heavy atom. The van der Waals surface area contributed by atoms with Crippen LogP contribution in [0.25, 0.3) is 0 Å². The van der Waals surface area contributed by atoms with E-state index in [1.54, 1.807) is 0 Å². The molecule has 0 aliphatic carbocycles. The van der Waals surface area contributed by atoms with Crippen LogP contribution in [0, 0.1) is 0 Å². The zero-order valence-corrected chi connectivity index (χ0v) is 16.9. The summed E-state index contributed by atoms with van der Waals surface area (Å²) >= 11 is 10.2. The molecule has 0 unspecified atom stereocenters. The van der Waals surface area contributed by atoms with Crippen LogP contribution in [0.2, 0.25) is 0 Å². The minimum absolute atomic E-state index is 0. The zero-order chi connectivity index (χ0) is 4.50. The third-order valence-corrected chi connectivity index (χ3v) is 0. The maximum atomic E-state index is 2.55. The molecule has 0 N–H and O–H groups in total. The SMILES string of the molecule is [I][Sn]([I])([I])[I].[Sn]. The van der Waals surface area contributed by atoms with Gasteiger partial charge in [0, 0.05) is 23.9 Å². The number of rotatable bonds is 0. The van der Waals surface area contributed by atoms with Gasteiger partial charge in [-0.05, 0) is 0 Å². The monoisotopic (exact) mass is 747 g/mol. The van der Waals surface area contributed by atoms with Crippen LogP contribution in [-0.4, -0.2) is 26.4 Å². The molecule has 0 atom stereocenters. The molecule has 0 heterocycles. The molecule has 0 spiro atoms. The second kappa shape index (κ2) is 6.24. The fourth-order valence-electron chi connectivity index (χ4n) is 0. The van der Waals surface area contributed by atoms with Crippen molar-refractivity contribution >= 4 is 101 Å². The van der Waals surface area contributed by atoms with Crippen molar-refractivity contribution in [1.82, 2.24) is 0 Å². The molecule has 0 saturated heterocycles. The zero-order valence-electron chi connectivity index (χ0n) is 2.51. The Morgan fingerprint density at radius 3 is 0.833 bits per heavy atom. The Kier molecular flexibility index (Phi) is 13.7. The Morgan fingerprint density at radius 1 is 0.833 bits per heavy atom. The van der Waals surface area contributed by atoms with E-state index >= 15 is 0 Å². The smallest absolute Gasteiger partial charge is 0 e. The van der Waals surface area contributed by atoms with E-state index < -0.39 is 2.50 Å². The molecule has 0 aromatic heterocycles. The van der Waals surface area contributed by atoms with Crippen molar-refractivity contribution in [3.63, 3.8) is 0 Å². The molecular weight excluding hydrogens is 745 g/mol. The molecule has 0 aromatic rings. The summed E-state index contributed by atoms with van der Waals surface area (Å²) in [6, 6.07) is 0. The maximum Gasteiger partial charge on any atom is 0 e. The van der Waals surface area contributed by atoms with Crippen LogP contribution in [0.3, 0.4) is 0 Å². The van der Waals surface area contributed by atoms with Crippen LogP contribution in [0.15, 0.2) is 0 Å². The Hall–Kier alpha value is 4.52. The van der Waals surface area contributed by atoms with Gasteiger partial charge >= 0.3 is 77.0 Å². The van der Waals surface area contributed by atoms with Gasteiger partial charge in [-0.1, -0.05) is 0 Å². The van der Waals surface area contributed by atoms with Crippen molar-refractivity contribution in [2.45, 2.75) is 0 Å². The molecule has 0 aliphatic rings. The second-order valence-corrected chi connectivity index (χ2v) is 129. The summed E-state index contributed by atoms with van der Waals surface area (Å²) in [7, 11) is 0. The summed E-state index contributed by atoms with van der Waals surface area (Å²) in [6.45, 7) is 0. The summed E-state index contributed by atoms with van der Waals surface area (Å²) in [5, 5.41) is 0. The average molecular weight is 745 g/mol. The summed E-state index contributed by atoms with van der Waals surface area (Å²) in [5.41, 5.74) is 0. The molecule has 0 bridgehead atoms. The Labute approximate surface area is 97.3 Å². The predicted molar refractivity (Wildman–Crippen MR) is 67.6 cm³/mol. The van der Waals surface area contributed by atoms with Crippen molar-refractivity contribution in [1.29, 1.82) is 0 Å². The van der Waals surface area contributed by atoms with Crippen molar-refractivity contribution in [2.24, 2.45) is 0 Å². The van der Waals surface area contributed by atoms with Gasteiger partial charge in [0.15, 0.2) is 0 Å². The first-order valence-electron chi connectivity index (χ1n) is 0.756. The molecule has 6 heavy (non-hydrogen) atoms. The van der Waals surface area contributed by atoms with Gasteiger partial charge in [-0.15, -0.1) is 0 Å². The van der Waals surface area contributed by atoms with Crippen LogP contribution >= 0.6 is 74.5 Å². The predicted octanol–water partition coefficient (Wildman–Crippen LogP) is 2.78. The Balaban J connectivity index is 0. The maximum absolute atomic E-state index is 2.55. The van der Waals surface area contributed by atoms with E-state index in [9.17, 15) is 0 Å². The molecule has 0 rings (SSSR count). The van der Waals surface area contributed by atoms with E-state index in [-0.39, 0.29) is 23.9 Å². The molecule has 0 aliphatic heterocycles. The van der Waals surface area contributed by atoms with Gasteiger partial charge in [0.25, 0.3) is 0 Å². The van der Waals surface area contributed by atoms with Crippen molar-refractivity contribution in [3.8, 4) is 0 Å². The minimum atomic E-state index is -1.30.